The van der Waals surface area contributed by atoms with Crippen LogP contribution >= 0.6 is 0 Å². The van der Waals surface area contributed by atoms with Crippen molar-refractivity contribution in [3.8, 4) is 11.4 Å². The Morgan fingerprint density at radius 1 is 1.11 bits per heavy atom. The van der Waals surface area contributed by atoms with Crippen molar-refractivity contribution in [1.82, 2.24) is 9.97 Å². The summed E-state index contributed by atoms with van der Waals surface area (Å²) in [5.41, 5.74) is 5.70. The summed E-state index contributed by atoms with van der Waals surface area (Å²) in [4.78, 5) is 8.65. The van der Waals surface area contributed by atoms with Crippen molar-refractivity contribution in [2.75, 3.05) is 5.43 Å². The smallest absolute Gasteiger partial charge is 0.161 e. The number of anilines is 1. The molecule has 1 aromatic carbocycles. The van der Waals surface area contributed by atoms with E-state index in [2.05, 4.69) is 15.4 Å². The van der Waals surface area contributed by atoms with Crippen LogP contribution in [0.15, 0.2) is 18.2 Å². The average molecular weight is 246 g/mol. The molecule has 0 aliphatic carbocycles. The fraction of sp³-hybridized carbons (Fsp3) is 0.231. The normalized spacial score (nSPS) is 10.5. The van der Waals surface area contributed by atoms with Crippen molar-refractivity contribution in [2.24, 2.45) is 5.84 Å². The third-order valence-corrected chi connectivity index (χ3v) is 2.83. The Kier molecular flexibility index (Phi) is 3.25. The first-order chi connectivity index (χ1) is 8.51. The lowest BCUT2D eigenvalue weighted by Crippen LogP contribution is -2.12. The van der Waals surface area contributed by atoms with Crippen molar-refractivity contribution < 1.29 is 4.39 Å². The highest BCUT2D eigenvalue weighted by Gasteiger charge is 2.10. The third-order valence-electron chi connectivity index (χ3n) is 2.83. The summed E-state index contributed by atoms with van der Waals surface area (Å²) in [5, 5.41) is 0. The van der Waals surface area contributed by atoms with Crippen LogP contribution in [-0.4, -0.2) is 9.97 Å². The molecule has 0 spiro atoms. The molecule has 3 N–H and O–H groups in total. The molecule has 2 aromatic rings. The van der Waals surface area contributed by atoms with Gasteiger partial charge in [-0.3, -0.25) is 0 Å². The van der Waals surface area contributed by atoms with Gasteiger partial charge in [-0.05, 0) is 44.5 Å². The predicted octanol–water partition coefficient (Wildman–Crippen LogP) is 2.49. The maximum absolute atomic E-state index is 13.4. The number of hydrogen-bond donors (Lipinski definition) is 2. The van der Waals surface area contributed by atoms with Gasteiger partial charge < -0.3 is 5.43 Å². The van der Waals surface area contributed by atoms with Gasteiger partial charge in [0.25, 0.3) is 0 Å². The summed E-state index contributed by atoms with van der Waals surface area (Å²) in [6.45, 7) is 5.58. The molecule has 0 atom stereocenters. The van der Waals surface area contributed by atoms with Gasteiger partial charge in [-0.1, -0.05) is 0 Å². The number of benzene rings is 1. The zero-order valence-corrected chi connectivity index (χ0v) is 10.6. The van der Waals surface area contributed by atoms with E-state index in [1.807, 2.05) is 26.8 Å². The summed E-state index contributed by atoms with van der Waals surface area (Å²) in [6, 6.07) is 4.72. The molecule has 0 saturated heterocycles. The Bertz CT molecular complexity index is 576. The van der Waals surface area contributed by atoms with Crippen LogP contribution in [0.25, 0.3) is 11.4 Å². The summed E-state index contributed by atoms with van der Waals surface area (Å²) in [5.74, 6) is 6.14. The van der Waals surface area contributed by atoms with E-state index in [-0.39, 0.29) is 5.82 Å². The van der Waals surface area contributed by atoms with Crippen molar-refractivity contribution >= 4 is 5.82 Å². The van der Waals surface area contributed by atoms with E-state index in [9.17, 15) is 4.39 Å². The van der Waals surface area contributed by atoms with Crippen molar-refractivity contribution in [2.45, 2.75) is 20.8 Å². The topological polar surface area (TPSA) is 63.8 Å². The highest BCUT2D eigenvalue weighted by atomic mass is 19.1. The molecule has 94 valence electrons. The zero-order chi connectivity index (χ0) is 13.3. The molecule has 18 heavy (non-hydrogen) atoms. The van der Waals surface area contributed by atoms with Crippen molar-refractivity contribution in [1.29, 1.82) is 0 Å². The molecular weight excluding hydrogens is 231 g/mol. The molecule has 1 heterocycles. The highest BCUT2D eigenvalue weighted by molar-refractivity contribution is 5.60. The Morgan fingerprint density at radius 3 is 2.44 bits per heavy atom. The monoisotopic (exact) mass is 246 g/mol. The van der Waals surface area contributed by atoms with Gasteiger partial charge >= 0.3 is 0 Å². The molecule has 0 radical (unpaired) electrons. The molecule has 0 amide bonds. The number of aromatic nitrogens is 2. The van der Waals surface area contributed by atoms with Crippen LogP contribution in [0.1, 0.15) is 16.8 Å². The van der Waals surface area contributed by atoms with Gasteiger partial charge in [-0.15, -0.1) is 0 Å². The highest BCUT2D eigenvalue weighted by Crippen LogP contribution is 2.22. The first kappa shape index (κ1) is 12.4. The minimum absolute atomic E-state index is 0.297. The Morgan fingerprint density at radius 2 is 1.83 bits per heavy atom. The molecule has 4 nitrogen and oxygen atoms in total. The van der Waals surface area contributed by atoms with Crippen LogP contribution < -0.4 is 11.3 Å². The minimum Gasteiger partial charge on any atom is -0.308 e. The first-order valence-electron chi connectivity index (χ1n) is 5.60. The largest absolute Gasteiger partial charge is 0.308 e. The maximum atomic E-state index is 13.4. The van der Waals surface area contributed by atoms with Gasteiger partial charge in [0.15, 0.2) is 5.82 Å². The average Bonchev–Trinajstić information content (AvgIpc) is 2.31. The molecular formula is C13H15FN4. The van der Waals surface area contributed by atoms with Crippen LogP contribution in [0.4, 0.5) is 10.2 Å². The molecule has 0 saturated carbocycles. The predicted molar refractivity (Wildman–Crippen MR) is 69.4 cm³/mol. The number of nitrogens with two attached hydrogens (primary N) is 1. The summed E-state index contributed by atoms with van der Waals surface area (Å²) in [7, 11) is 0. The van der Waals surface area contributed by atoms with Gasteiger partial charge in [0, 0.05) is 16.8 Å². The second-order valence-corrected chi connectivity index (χ2v) is 4.27. The summed E-state index contributed by atoms with van der Waals surface area (Å²) in [6.07, 6.45) is 0. The summed E-state index contributed by atoms with van der Waals surface area (Å²) >= 11 is 0. The van der Waals surface area contributed by atoms with Crippen LogP contribution in [0.5, 0.6) is 0 Å². The SMILES string of the molecule is Cc1cc(F)cc(-c2nc(C)c(C)c(NN)n2)c1. The standard InChI is InChI=1S/C13H15FN4/c1-7-4-10(6-11(14)5-7)13-16-9(3)8(2)12(17-13)18-15/h4-6H,15H2,1-3H3,(H,16,17,18). The molecule has 0 bridgehead atoms. The molecule has 0 aliphatic rings. The Balaban J connectivity index is 2.60. The van der Waals surface area contributed by atoms with Crippen molar-refractivity contribution in [3.63, 3.8) is 0 Å². The number of aryl methyl sites for hydroxylation is 2. The second-order valence-electron chi connectivity index (χ2n) is 4.27. The van der Waals surface area contributed by atoms with Gasteiger partial charge in [-0.25, -0.2) is 20.2 Å². The lowest BCUT2D eigenvalue weighted by atomic mass is 10.1. The molecule has 5 heteroatoms. The maximum Gasteiger partial charge on any atom is 0.161 e. The fourth-order valence-electron chi connectivity index (χ4n) is 1.76. The van der Waals surface area contributed by atoms with Crippen LogP contribution in [0.3, 0.4) is 0 Å². The van der Waals surface area contributed by atoms with Gasteiger partial charge in [0.2, 0.25) is 0 Å². The minimum atomic E-state index is -0.297. The molecule has 0 fully saturated rings. The number of hydrazine groups is 1. The fourth-order valence-corrected chi connectivity index (χ4v) is 1.76. The quantitative estimate of drug-likeness (QED) is 0.631. The van der Waals surface area contributed by atoms with Crippen molar-refractivity contribution in [3.05, 3.63) is 40.8 Å². The van der Waals surface area contributed by atoms with Crippen LogP contribution in [0, 0.1) is 26.6 Å². The number of nitrogen functional groups attached to an aromatic ring is 1. The first-order valence-corrected chi connectivity index (χ1v) is 5.60. The van der Waals surface area contributed by atoms with E-state index in [0.29, 0.717) is 17.2 Å². The lowest BCUT2D eigenvalue weighted by Gasteiger charge is -2.10. The number of hydrogen-bond acceptors (Lipinski definition) is 4. The Labute approximate surface area is 105 Å². The van der Waals surface area contributed by atoms with Gasteiger partial charge in [0.05, 0.1) is 0 Å². The van der Waals surface area contributed by atoms with E-state index >= 15 is 0 Å². The second kappa shape index (κ2) is 4.70. The number of nitrogens with one attached hydrogen (secondary N) is 1. The Hall–Kier alpha value is -2.01. The molecule has 1 aromatic heterocycles. The third kappa shape index (κ3) is 2.31. The number of rotatable bonds is 2. The van der Waals surface area contributed by atoms with E-state index in [1.54, 1.807) is 0 Å². The molecule has 2 rings (SSSR count). The van der Waals surface area contributed by atoms with Crippen LogP contribution in [-0.2, 0) is 0 Å². The summed E-state index contributed by atoms with van der Waals surface area (Å²) < 4.78 is 13.4. The van der Waals surface area contributed by atoms with E-state index in [1.165, 1.54) is 12.1 Å². The molecule has 0 unspecified atom stereocenters. The molecule has 0 aliphatic heterocycles. The van der Waals surface area contributed by atoms with Crippen LogP contribution in [0.2, 0.25) is 0 Å². The number of halogens is 1. The zero-order valence-electron chi connectivity index (χ0n) is 10.6. The number of nitrogens with zero attached hydrogens (tertiary/aromatic N) is 2. The van der Waals surface area contributed by atoms with E-state index in [0.717, 1.165) is 16.8 Å². The van der Waals surface area contributed by atoms with Gasteiger partial charge in [0.1, 0.15) is 11.6 Å². The van der Waals surface area contributed by atoms with Gasteiger partial charge in [-0.2, -0.15) is 0 Å². The lowest BCUT2D eigenvalue weighted by molar-refractivity contribution is 0.627. The van der Waals surface area contributed by atoms with E-state index in [4.69, 9.17) is 5.84 Å². The van der Waals surface area contributed by atoms with E-state index < -0.39 is 0 Å².